The quantitative estimate of drug-likeness (QED) is 0.753. The van der Waals surface area contributed by atoms with E-state index in [-0.39, 0.29) is 18.2 Å². The molecule has 1 aromatic carbocycles. The van der Waals surface area contributed by atoms with Gasteiger partial charge in [0.05, 0.1) is 32.4 Å². The number of thiophene rings is 1. The van der Waals surface area contributed by atoms with Crippen LogP contribution in [-0.4, -0.2) is 43.8 Å². The van der Waals surface area contributed by atoms with Crippen LogP contribution >= 0.6 is 11.3 Å². The molecule has 2 N–H and O–H groups in total. The predicted molar refractivity (Wildman–Crippen MR) is 113 cm³/mol. The molecule has 4 rings (SSSR count). The average Bonchev–Trinajstić information content (AvgIpc) is 3.12. The zero-order valence-electron chi connectivity index (χ0n) is 17.2. The summed E-state index contributed by atoms with van der Waals surface area (Å²) in [6, 6.07) is 5.61. The van der Waals surface area contributed by atoms with E-state index < -0.39 is 0 Å². The van der Waals surface area contributed by atoms with Crippen LogP contribution in [0.4, 0.5) is 9.80 Å². The molecule has 1 atom stereocenters. The molecule has 1 unspecified atom stereocenters. The summed E-state index contributed by atoms with van der Waals surface area (Å²) in [5.41, 5.74) is 2.58. The lowest BCUT2D eigenvalue weighted by molar-refractivity contribution is 0.0934. The number of carbonyl (C=O) groups is 2. The minimum atomic E-state index is -0.378. The number of amides is 2. The number of fused-ring (bicyclic) bond motifs is 3. The summed E-state index contributed by atoms with van der Waals surface area (Å²) in [6.45, 7) is 5.57. The summed E-state index contributed by atoms with van der Waals surface area (Å²) < 4.78 is 16.1. The summed E-state index contributed by atoms with van der Waals surface area (Å²) in [5, 5.41) is 7.30. The highest BCUT2D eigenvalue weighted by Gasteiger charge is 2.34. The molecule has 30 heavy (non-hydrogen) atoms. The Morgan fingerprint density at radius 2 is 2.07 bits per heavy atom. The Morgan fingerprint density at radius 3 is 2.80 bits per heavy atom. The number of benzene rings is 1. The Bertz CT molecular complexity index is 974. The van der Waals surface area contributed by atoms with E-state index in [1.165, 1.54) is 11.3 Å². The predicted octanol–water partition coefficient (Wildman–Crippen LogP) is 3.52. The van der Waals surface area contributed by atoms with E-state index >= 15 is 0 Å². The first-order valence-electron chi connectivity index (χ1n) is 10.00. The van der Waals surface area contributed by atoms with Crippen molar-refractivity contribution in [2.24, 2.45) is 0 Å². The van der Waals surface area contributed by atoms with Crippen LogP contribution in [0.5, 0.6) is 11.5 Å². The van der Waals surface area contributed by atoms with Gasteiger partial charge in [-0.25, -0.2) is 4.79 Å². The topological polar surface area (TPSA) is 89.1 Å². The lowest BCUT2D eigenvalue weighted by Gasteiger charge is -2.28. The highest BCUT2D eigenvalue weighted by molar-refractivity contribution is 7.16. The Morgan fingerprint density at radius 1 is 1.23 bits per heavy atom. The van der Waals surface area contributed by atoms with E-state index in [4.69, 9.17) is 14.2 Å². The second kappa shape index (κ2) is 8.43. The summed E-state index contributed by atoms with van der Waals surface area (Å²) in [6.07, 6.45) is -0.0561. The van der Waals surface area contributed by atoms with Crippen molar-refractivity contribution < 1.29 is 23.8 Å². The molecule has 1 aromatic heterocycles. The second-order valence-corrected chi connectivity index (χ2v) is 8.08. The lowest BCUT2D eigenvalue weighted by atomic mass is 10.0. The number of ether oxygens (including phenoxy) is 3. The molecule has 2 amide bonds. The Hall–Kier alpha value is -2.94. The number of anilines is 1. The first-order chi connectivity index (χ1) is 14.5. The summed E-state index contributed by atoms with van der Waals surface area (Å²) in [5.74, 6) is 1.17. The molecule has 0 aliphatic carbocycles. The highest BCUT2D eigenvalue weighted by atomic mass is 32.1. The molecule has 0 radical (unpaired) electrons. The van der Waals surface area contributed by atoms with E-state index in [9.17, 15) is 9.59 Å². The fourth-order valence-electron chi connectivity index (χ4n) is 3.79. The SMILES string of the molecule is CCOC(=O)N1CCc2c(sc3c2C(=O)NC(c2ccc(OC)c(OCC)c2)N3)C1. The highest BCUT2D eigenvalue weighted by Crippen LogP contribution is 2.41. The van der Waals surface area contributed by atoms with Crippen molar-refractivity contribution in [3.63, 3.8) is 0 Å². The number of nitrogens with zero attached hydrogens (tertiary/aromatic N) is 1. The smallest absolute Gasteiger partial charge is 0.410 e. The van der Waals surface area contributed by atoms with Crippen LogP contribution < -0.4 is 20.1 Å². The molecule has 2 aliphatic rings. The van der Waals surface area contributed by atoms with Crippen molar-refractivity contribution >= 4 is 28.3 Å². The molecular formula is C21H25N3O5S. The van der Waals surface area contributed by atoms with Crippen LogP contribution in [-0.2, 0) is 17.7 Å². The van der Waals surface area contributed by atoms with Gasteiger partial charge in [0, 0.05) is 11.4 Å². The van der Waals surface area contributed by atoms with Crippen molar-refractivity contribution in [1.29, 1.82) is 0 Å². The largest absolute Gasteiger partial charge is 0.493 e. The molecule has 0 saturated carbocycles. The van der Waals surface area contributed by atoms with Gasteiger partial charge in [0.1, 0.15) is 11.2 Å². The molecule has 0 bridgehead atoms. The van der Waals surface area contributed by atoms with Crippen molar-refractivity contribution in [1.82, 2.24) is 10.2 Å². The summed E-state index contributed by atoms with van der Waals surface area (Å²) >= 11 is 1.52. The standard InChI is InChI=1S/C21H25N3O5S/c1-4-28-15-10-12(6-7-14(15)27-3)18-22-19(25)17-13-8-9-24(21(26)29-5-2)11-16(13)30-20(17)23-18/h6-7,10,18,23H,4-5,8-9,11H2,1-3H3,(H,22,25). The van der Waals surface area contributed by atoms with Crippen LogP contribution in [0.15, 0.2) is 18.2 Å². The van der Waals surface area contributed by atoms with Gasteiger partial charge in [-0.15, -0.1) is 11.3 Å². The number of hydrogen-bond donors (Lipinski definition) is 2. The van der Waals surface area contributed by atoms with Gasteiger partial charge in [-0.1, -0.05) is 6.07 Å². The van der Waals surface area contributed by atoms with E-state index in [2.05, 4.69) is 10.6 Å². The van der Waals surface area contributed by atoms with E-state index in [0.29, 0.717) is 49.8 Å². The van der Waals surface area contributed by atoms with Crippen LogP contribution in [0.1, 0.15) is 46.4 Å². The fraction of sp³-hybridized carbons (Fsp3) is 0.429. The third kappa shape index (κ3) is 3.65. The maximum absolute atomic E-state index is 12.9. The Labute approximate surface area is 179 Å². The zero-order chi connectivity index (χ0) is 21.3. The summed E-state index contributed by atoms with van der Waals surface area (Å²) in [7, 11) is 1.60. The fourth-order valence-corrected chi connectivity index (χ4v) is 5.08. The van der Waals surface area contributed by atoms with Gasteiger partial charge in [0.2, 0.25) is 0 Å². The summed E-state index contributed by atoms with van der Waals surface area (Å²) in [4.78, 5) is 27.7. The van der Waals surface area contributed by atoms with Gasteiger partial charge in [0.15, 0.2) is 11.5 Å². The van der Waals surface area contributed by atoms with E-state index in [1.54, 1.807) is 18.9 Å². The zero-order valence-corrected chi connectivity index (χ0v) is 18.1. The van der Waals surface area contributed by atoms with Gasteiger partial charge >= 0.3 is 6.09 Å². The first-order valence-corrected chi connectivity index (χ1v) is 10.8. The van der Waals surface area contributed by atoms with Crippen molar-refractivity contribution in [2.75, 3.05) is 32.2 Å². The Balaban J connectivity index is 1.59. The molecule has 0 saturated heterocycles. The van der Waals surface area contributed by atoms with Crippen LogP contribution in [0, 0.1) is 0 Å². The van der Waals surface area contributed by atoms with Gasteiger partial charge in [0.25, 0.3) is 5.91 Å². The first kappa shape index (κ1) is 20.3. The van der Waals surface area contributed by atoms with Gasteiger partial charge in [-0.2, -0.15) is 0 Å². The second-order valence-electron chi connectivity index (χ2n) is 6.97. The van der Waals surface area contributed by atoms with Crippen molar-refractivity contribution in [3.05, 3.63) is 39.8 Å². The number of methoxy groups -OCH3 is 1. The third-order valence-corrected chi connectivity index (χ3v) is 6.33. The van der Waals surface area contributed by atoms with Crippen molar-refractivity contribution in [2.45, 2.75) is 33.0 Å². The maximum Gasteiger partial charge on any atom is 0.410 e. The monoisotopic (exact) mass is 431 g/mol. The normalized spacial score (nSPS) is 17.4. The van der Waals surface area contributed by atoms with Gasteiger partial charge in [-0.3, -0.25) is 4.79 Å². The van der Waals surface area contributed by atoms with Crippen LogP contribution in [0.2, 0.25) is 0 Å². The molecule has 3 heterocycles. The van der Waals surface area contributed by atoms with E-state index in [0.717, 1.165) is 21.0 Å². The Kier molecular flexibility index (Phi) is 5.72. The van der Waals surface area contributed by atoms with E-state index in [1.807, 2.05) is 25.1 Å². The number of carbonyl (C=O) groups excluding carboxylic acids is 2. The molecule has 160 valence electrons. The van der Waals surface area contributed by atoms with Crippen LogP contribution in [0.3, 0.4) is 0 Å². The third-order valence-electron chi connectivity index (χ3n) is 5.18. The number of hydrogen-bond acceptors (Lipinski definition) is 7. The van der Waals surface area contributed by atoms with Gasteiger partial charge < -0.3 is 29.7 Å². The molecule has 2 aromatic rings. The van der Waals surface area contributed by atoms with Crippen LogP contribution in [0.25, 0.3) is 0 Å². The molecule has 0 fully saturated rings. The molecule has 9 heteroatoms. The molecular weight excluding hydrogens is 406 g/mol. The number of rotatable bonds is 5. The van der Waals surface area contributed by atoms with Crippen molar-refractivity contribution in [3.8, 4) is 11.5 Å². The minimum Gasteiger partial charge on any atom is -0.493 e. The number of nitrogens with one attached hydrogen (secondary N) is 2. The lowest BCUT2D eigenvalue weighted by Crippen LogP contribution is -2.39. The maximum atomic E-state index is 12.9. The molecule has 0 spiro atoms. The van der Waals surface area contributed by atoms with Gasteiger partial charge in [-0.05, 0) is 43.5 Å². The molecule has 2 aliphatic heterocycles. The molecule has 8 nitrogen and oxygen atoms in total. The average molecular weight is 432 g/mol. The minimum absolute atomic E-state index is 0.107.